The largest absolute Gasteiger partial charge is 0.480 e. The van der Waals surface area contributed by atoms with E-state index in [1.54, 1.807) is 31.2 Å². The SMILES string of the molecule is C[C@H](CC(=O)Nc1ccccc1OCC(=O)O)NC(=O)OCC1c2ccccc2-c2ccccc21. The third-order valence-corrected chi connectivity index (χ3v) is 5.71. The molecule has 35 heavy (non-hydrogen) atoms. The van der Waals surface area contributed by atoms with E-state index in [1.165, 1.54) is 0 Å². The predicted octanol–water partition coefficient (Wildman–Crippen LogP) is 4.41. The maximum Gasteiger partial charge on any atom is 0.407 e. The fourth-order valence-electron chi connectivity index (χ4n) is 4.21. The molecule has 4 rings (SSSR count). The van der Waals surface area contributed by atoms with E-state index in [0.29, 0.717) is 5.69 Å². The van der Waals surface area contributed by atoms with Crippen LogP contribution in [0.3, 0.4) is 0 Å². The second-order valence-electron chi connectivity index (χ2n) is 8.30. The summed E-state index contributed by atoms with van der Waals surface area (Å²) in [6, 6.07) is 22.2. The maximum atomic E-state index is 12.5. The first-order valence-electron chi connectivity index (χ1n) is 11.3. The number of carboxylic acid groups (broad SMARTS) is 1. The first-order valence-corrected chi connectivity index (χ1v) is 11.3. The highest BCUT2D eigenvalue weighted by Gasteiger charge is 2.29. The Labute approximate surface area is 202 Å². The Morgan fingerprint density at radius 2 is 1.51 bits per heavy atom. The highest BCUT2D eigenvalue weighted by Crippen LogP contribution is 2.44. The van der Waals surface area contributed by atoms with Crippen LogP contribution in [-0.2, 0) is 14.3 Å². The minimum Gasteiger partial charge on any atom is -0.480 e. The minimum absolute atomic E-state index is 0.00252. The Balaban J connectivity index is 1.29. The van der Waals surface area contributed by atoms with E-state index in [4.69, 9.17) is 14.6 Å². The Hall–Kier alpha value is -4.33. The molecule has 8 nitrogen and oxygen atoms in total. The lowest BCUT2D eigenvalue weighted by molar-refractivity contribution is -0.139. The van der Waals surface area contributed by atoms with Gasteiger partial charge in [0.1, 0.15) is 12.4 Å². The average molecular weight is 475 g/mol. The summed E-state index contributed by atoms with van der Waals surface area (Å²) in [6.45, 7) is 1.37. The number of carbonyl (C=O) groups excluding carboxylic acids is 2. The number of rotatable bonds is 9. The van der Waals surface area contributed by atoms with Gasteiger partial charge in [-0.3, -0.25) is 4.79 Å². The van der Waals surface area contributed by atoms with Crippen LogP contribution in [0.2, 0.25) is 0 Å². The maximum absolute atomic E-state index is 12.5. The van der Waals surface area contributed by atoms with Crippen molar-refractivity contribution in [1.82, 2.24) is 5.32 Å². The van der Waals surface area contributed by atoms with Crippen LogP contribution in [0.25, 0.3) is 11.1 Å². The monoisotopic (exact) mass is 474 g/mol. The number of alkyl carbamates (subject to hydrolysis) is 1. The van der Waals surface area contributed by atoms with Crippen molar-refractivity contribution >= 4 is 23.7 Å². The van der Waals surface area contributed by atoms with Gasteiger partial charge in [-0.05, 0) is 41.3 Å². The number of carbonyl (C=O) groups is 3. The number of amides is 2. The van der Waals surface area contributed by atoms with Gasteiger partial charge in [-0.25, -0.2) is 9.59 Å². The molecule has 3 N–H and O–H groups in total. The second-order valence-corrected chi connectivity index (χ2v) is 8.30. The molecule has 0 fully saturated rings. The molecule has 0 bridgehead atoms. The molecule has 1 aliphatic rings. The highest BCUT2D eigenvalue weighted by atomic mass is 16.5. The second kappa shape index (κ2) is 10.7. The van der Waals surface area contributed by atoms with Crippen LogP contribution in [0.15, 0.2) is 72.8 Å². The zero-order valence-electron chi connectivity index (χ0n) is 19.2. The van der Waals surface area contributed by atoms with Gasteiger partial charge in [0.05, 0.1) is 5.69 Å². The van der Waals surface area contributed by atoms with Crippen molar-refractivity contribution in [2.75, 3.05) is 18.5 Å². The summed E-state index contributed by atoms with van der Waals surface area (Å²) in [4.78, 5) is 35.6. The molecule has 3 aromatic rings. The van der Waals surface area contributed by atoms with E-state index in [-0.39, 0.29) is 30.6 Å². The summed E-state index contributed by atoms with van der Waals surface area (Å²) in [7, 11) is 0. The summed E-state index contributed by atoms with van der Waals surface area (Å²) in [5, 5.41) is 14.2. The van der Waals surface area contributed by atoms with Crippen molar-refractivity contribution in [2.24, 2.45) is 0 Å². The molecule has 0 saturated carbocycles. The summed E-state index contributed by atoms with van der Waals surface area (Å²) >= 11 is 0. The Bertz CT molecular complexity index is 1200. The standard InChI is InChI=1S/C27H26N2O6/c1-17(14-25(30)29-23-12-6-7-13-24(23)34-16-26(31)32)28-27(33)35-15-22-20-10-4-2-8-18(20)19-9-3-5-11-21(19)22/h2-13,17,22H,14-16H2,1H3,(H,28,33)(H,29,30)(H,31,32)/t17-/m1/s1. The van der Waals surface area contributed by atoms with Crippen LogP contribution in [0.1, 0.15) is 30.4 Å². The molecule has 1 atom stereocenters. The number of para-hydroxylation sites is 2. The van der Waals surface area contributed by atoms with E-state index in [0.717, 1.165) is 22.3 Å². The Morgan fingerprint density at radius 3 is 2.17 bits per heavy atom. The third kappa shape index (κ3) is 5.78. The minimum atomic E-state index is -1.12. The van der Waals surface area contributed by atoms with Crippen LogP contribution in [0.4, 0.5) is 10.5 Å². The molecular formula is C27H26N2O6. The number of ether oxygens (including phenoxy) is 2. The van der Waals surface area contributed by atoms with E-state index in [9.17, 15) is 14.4 Å². The number of hydrogen-bond acceptors (Lipinski definition) is 5. The zero-order chi connectivity index (χ0) is 24.8. The van der Waals surface area contributed by atoms with Crippen LogP contribution < -0.4 is 15.4 Å². The molecule has 1 aliphatic carbocycles. The number of hydrogen-bond donors (Lipinski definition) is 3. The highest BCUT2D eigenvalue weighted by molar-refractivity contribution is 5.93. The lowest BCUT2D eigenvalue weighted by atomic mass is 9.98. The Kier molecular flexibility index (Phi) is 7.30. The van der Waals surface area contributed by atoms with Crippen molar-refractivity contribution in [1.29, 1.82) is 0 Å². The van der Waals surface area contributed by atoms with Crippen molar-refractivity contribution in [2.45, 2.75) is 25.3 Å². The third-order valence-electron chi connectivity index (χ3n) is 5.71. The molecule has 8 heteroatoms. The number of nitrogens with one attached hydrogen (secondary N) is 2. The molecule has 0 spiro atoms. The van der Waals surface area contributed by atoms with Gasteiger partial charge in [0, 0.05) is 18.4 Å². The van der Waals surface area contributed by atoms with Gasteiger partial charge in [0.15, 0.2) is 6.61 Å². The fourth-order valence-corrected chi connectivity index (χ4v) is 4.21. The van der Waals surface area contributed by atoms with Gasteiger partial charge >= 0.3 is 12.1 Å². The lowest BCUT2D eigenvalue weighted by Crippen LogP contribution is -2.36. The number of aliphatic carboxylic acids is 1. The van der Waals surface area contributed by atoms with Gasteiger partial charge in [-0.1, -0.05) is 60.7 Å². The predicted molar refractivity (Wildman–Crippen MR) is 130 cm³/mol. The summed E-state index contributed by atoms with van der Waals surface area (Å²) in [5.74, 6) is -1.27. The average Bonchev–Trinajstić information content (AvgIpc) is 3.15. The molecule has 0 saturated heterocycles. The van der Waals surface area contributed by atoms with Crippen LogP contribution in [-0.4, -0.2) is 42.3 Å². The van der Waals surface area contributed by atoms with Crippen molar-refractivity contribution in [3.63, 3.8) is 0 Å². The normalized spacial score (nSPS) is 12.7. The van der Waals surface area contributed by atoms with Crippen LogP contribution >= 0.6 is 0 Å². The molecule has 0 unspecified atom stereocenters. The van der Waals surface area contributed by atoms with Crippen molar-refractivity contribution in [3.05, 3.63) is 83.9 Å². The van der Waals surface area contributed by atoms with Gasteiger partial charge < -0.3 is 25.2 Å². The summed E-state index contributed by atoms with van der Waals surface area (Å²) < 4.78 is 10.7. The molecule has 0 aromatic heterocycles. The molecular weight excluding hydrogens is 448 g/mol. The van der Waals surface area contributed by atoms with E-state index in [1.807, 2.05) is 36.4 Å². The molecule has 0 heterocycles. The van der Waals surface area contributed by atoms with Gasteiger partial charge in [-0.2, -0.15) is 0 Å². The van der Waals surface area contributed by atoms with Gasteiger partial charge in [0.25, 0.3) is 0 Å². The van der Waals surface area contributed by atoms with Gasteiger partial charge in [-0.15, -0.1) is 0 Å². The Morgan fingerprint density at radius 1 is 0.914 bits per heavy atom. The van der Waals surface area contributed by atoms with Gasteiger partial charge in [0.2, 0.25) is 5.91 Å². The summed E-state index contributed by atoms with van der Waals surface area (Å²) in [6.07, 6.45) is -0.602. The zero-order valence-corrected chi connectivity index (χ0v) is 19.2. The smallest absolute Gasteiger partial charge is 0.407 e. The van der Waals surface area contributed by atoms with E-state index in [2.05, 4.69) is 22.8 Å². The quantitative estimate of drug-likeness (QED) is 0.423. The molecule has 3 aromatic carbocycles. The molecule has 0 radical (unpaired) electrons. The fraction of sp³-hybridized carbons (Fsp3) is 0.222. The lowest BCUT2D eigenvalue weighted by Gasteiger charge is -2.17. The topological polar surface area (TPSA) is 114 Å². The number of anilines is 1. The molecule has 2 amide bonds. The van der Waals surface area contributed by atoms with Crippen LogP contribution in [0.5, 0.6) is 5.75 Å². The first kappa shape index (κ1) is 23.8. The summed E-state index contributed by atoms with van der Waals surface area (Å²) in [5.41, 5.74) is 4.90. The first-order chi connectivity index (χ1) is 16.9. The van der Waals surface area contributed by atoms with Crippen LogP contribution in [0, 0.1) is 0 Å². The van der Waals surface area contributed by atoms with E-state index < -0.39 is 24.7 Å². The number of fused-ring (bicyclic) bond motifs is 3. The van der Waals surface area contributed by atoms with E-state index >= 15 is 0 Å². The molecule has 180 valence electrons. The van der Waals surface area contributed by atoms with Crippen molar-refractivity contribution in [3.8, 4) is 16.9 Å². The number of benzene rings is 3. The van der Waals surface area contributed by atoms with Crippen molar-refractivity contribution < 1.29 is 29.0 Å². The number of carboxylic acids is 1. The molecule has 0 aliphatic heterocycles.